The van der Waals surface area contributed by atoms with E-state index in [1.54, 1.807) is 53.4 Å². The number of carbonyl (C=O) groups is 2. The first-order valence-corrected chi connectivity index (χ1v) is 14.1. The van der Waals surface area contributed by atoms with Crippen LogP contribution in [0, 0.1) is 0 Å². The summed E-state index contributed by atoms with van der Waals surface area (Å²) in [5, 5.41) is 13.5. The number of anilines is 2. The van der Waals surface area contributed by atoms with Crippen molar-refractivity contribution in [2.45, 2.75) is 31.2 Å². The number of alkyl halides is 1. The zero-order valence-corrected chi connectivity index (χ0v) is 23.2. The Bertz CT molecular complexity index is 1670. The van der Waals surface area contributed by atoms with Crippen LogP contribution in [0.3, 0.4) is 0 Å². The SMILES string of the molecule is O=C(c1ccc(OC[C@@H]2C[C@H](F)CN2C(=O)Cc2ccc(Nc3nc4ccccc4o3)cc2)cc1)C(O)c1ccccc1. The number of rotatable bonds is 10. The van der Waals surface area contributed by atoms with E-state index in [-0.39, 0.29) is 31.9 Å². The molecule has 9 heteroatoms. The maximum Gasteiger partial charge on any atom is 0.300 e. The number of ether oxygens (including phenoxy) is 1. The quantitative estimate of drug-likeness (QED) is 0.194. The number of halogens is 1. The zero-order chi connectivity index (χ0) is 29.8. The van der Waals surface area contributed by atoms with Gasteiger partial charge in [0.15, 0.2) is 11.4 Å². The molecule has 1 saturated heterocycles. The topological polar surface area (TPSA) is 105 Å². The van der Waals surface area contributed by atoms with Crippen molar-refractivity contribution in [1.29, 1.82) is 0 Å². The molecule has 1 unspecified atom stereocenters. The third kappa shape index (κ3) is 6.57. The molecule has 1 aliphatic heterocycles. The number of hydrogen-bond acceptors (Lipinski definition) is 7. The average molecular weight is 580 g/mol. The van der Waals surface area contributed by atoms with Crippen LogP contribution in [0.5, 0.6) is 5.75 Å². The van der Waals surface area contributed by atoms with E-state index in [9.17, 15) is 19.1 Å². The van der Waals surface area contributed by atoms with Crippen molar-refractivity contribution in [2.75, 3.05) is 18.5 Å². The van der Waals surface area contributed by atoms with E-state index >= 15 is 0 Å². The van der Waals surface area contributed by atoms with Crippen LogP contribution in [-0.2, 0) is 11.2 Å². The summed E-state index contributed by atoms with van der Waals surface area (Å²) >= 11 is 0. The number of likely N-dealkylation sites (tertiary alicyclic amines) is 1. The Balaban J connectivity index is 1.03. The van der Waals surface area contributed by atoms with Gasteiger partial charge in [0.1, 0.15) is 30.1 Å². The molecule has 1 amide bonds. The molecule has 6 rings (SSSR count). The smallest absolute Gasteiger partial charge is 0.300 e. The van der Waals surface area contributed by atoms with Crippen molar-refractivity contribution >= 4 is 34.5 Å². The number of Topliss-reactive ketones (excluding diaryl/α,β-unsaturated/α-hetero) is 1. The number of nitrogens with zero attached hydrogens (tertiary/aromatic N) is 2. The standard InChI is InChI=1S/C34H30FN3O5/c35-25-19-27(21-42-28-16-12-24(13-17-28)33(41)32(40)23-6-2-1-3-7-23)38(20-25)31(39)18-22-10-14-26(15-11-22)36-34-37-29-8-4-5-9-30(29)43-34/h1-17,25,27,32,40H,18-21H2,(H,36,37)/t25-,27-,32?/m0/s1. The number of aliphatic hydroxyl groups excluding tert-OH is 1. The number of fused-ring (bicyclic) bond motifs is 1. The molecule has 218 valence electrons. The van der Waals surface area contributed by atoms with E-state index in [1.807, 2.05) is 54.6 Å². The number of aromatic nitrogens is 1. The molecule has 1 aromatic heterocycles. The number of carbonyl (C=O) groups excluding carboxylic acids is 2. The fourth-order valence-electron chi connectivity index (χ4n) is 5.21. The van der Waals surface area contributed by atoms with Crippen molar-refractivity contribution < 1.29 is 28.2 Å². The van der Waals surface area contributed by atoms with Gasteiger partial charge in [-0.2, -0.15) is 4.98 Å². The first-order chi connectivity index (χ1) is 20.9. The molecule has 0 aliphatic carbocycles. The molecule has 4 aromatic carbocycles. The van der Waals surface area contributed by atoms with E-state index in [1.165, 1.54) is 0 Å². The van der Waals surface area contributed by atoms with Crippen LogP contribution in [0.1, 0.15) is 34.0 Å². The lowest BCUT2D eigenvalue weighted by molar-refractivity contribution is -0.132. The number of hydrogen-bond donors (Lipinski definition) is 2. The van der Waals surface area contributed by atoms with Gasteiger partial charge < -0.3 is 24.5 Å². The van der Waals surface area contributed by atoms with Crippen molar-refractivity contribution in [3.63, 3.8) is 0 Å². The second kappa shape index (κ2) is 12.5. The van der Waals surface area contributed by atoms with Crippen molar-refractivity contribution in [1.82, 2.24) is 9.88 Å². The molecule has 2 N–H and O–H groups in total. The monoisotopic (exact) mass is 579 g/mol. The number of ketones is 1. The van der Waals surface area contributed by atoms with E-state index in [0.29, 0.717) is 28.5 Å². The Morgan fingerprint density at radius 2 is 1.70 bits per heavy atom. The summed E-state index contributed by atoms with van der Waals surface area (Å²) in [6.45, 7) is 0.147. The summed E-state index contributed by atoms with van der Waals surface area (Å²) in [5.41, 5.74) is 3.88. The molecule has 5 aromatic rings. The third-order valence-corrected chi connectivity index (χ3v) is 7.48. The number of amides is 1. The summed E-state index contributed by atoms with van der Waals surface area (Å²) in [5.74, 6) is -0.104. The summed E-state index contributed by atoms with van der Waals surface area (Å²) in [4.78, 5) is 31.8. The number of para-hydroxylation sites is 2. The molecule has 8 nitrogen and oxygen atoms in total. The number of aliphatic hydroxyl groups is 1. The molecule has 43 heavy (non-hydrogen) atoms. The van der Waals surface area contributed by atoms with Crippen LogP contribution < -0.4 is 10.1 Å². The Morgan fingerprint density at radius 1 is 0.977 bits per heavy atom. The highest BCUT2D eigenvalue weighted by molar-refractivity contribution is 5.99. The Kier molecular flexibility index (Phi) is 8.15. The Morgan fingerprint density at radius 3 is 2.44 bits per heavy atom. The van der Waals surface area contributed by atoms with E-state index in [2.05, 4.69) is 10.3 Å². The summed E-state index contributed by atoms with van der Waals surface area (Å²) < 4.78 is 26.0. The first kappa shape index (κ1) is 28.1. The van der Waals surface area contributed by atoms with E-state index in [4.69, 9.17) is 9.15 Å². The van der Waals surface area contributed by atoms with Gasteiger partial charge in [0, 0.05) is 17.7 Å². The van der Waals surface area contributed by atoms with Crippen LogP contribution in [0.25, 0.3) is 11.1 Å². The van der Waals surface area contributed by atoms with Gasteiger partial charge in [0.2, 0.25) is 5.91 Å². The van der Waals surface area contributed by atoms with Crippen molar-refractivity contribution in [2.24, 2.45) is 0 Å². The van der Waals surface area contributed by atoms with Gasteiger partial charge in [-0.1, -0.05) is 54.6 Å². The number of nitrogens with one attached hydrogen (secondary N) is 1. The number of oxazole rings is 1. The highest BCUT2D eigenvalue weighted by atomic mass is 19.1. The second-order valence-electron chi connectivity index (χ2n) is 10.5. The van der Waals surface area contributed by atoms with Gasteiger partial charge in [-0.25, -0.2) is 4.39 Å². The minimum Gasteiger partial charge on any atom is -0.491 e. The first-order valence-electron chi connectivity index (χ1n) is 14.1. The van der Waals surface area contributed by atoms with Crippen LogP contribution in [-0.4, -0.2) is 52.0 Å². The van der Waals surface area contributed by atoms with Crippen molar-refractivity contribution in [3.8, 4) is 5.75 Å². The third-order valence-electron chi connectivity index (χ3n) is 7.48. The Labute approximate surface area is 247 Å². The highest BCUT2D eigenvalue weighted by Gasteiger charge is 2.35. The second-order valence-corrected chi connectivity index (χ2v) is 10.5. The van der Waals surface area contributed by atoms with Gasteiger partial charge in [-0.3, -0.25) is 9.59 Å². The van der Waals surface area contributed by atoms with Gasteiger partial charge in [0.05, 0.1) is 19.0 Å². The fraction of sp³-hybridized carbons (Fsp3) is 0.206. The largest absolute Gasteiger partial charge is 0.491 e. The van der Waals surface area contributed by atoms with E-state index < -0.39 is 24.1 Å². The minimum atomic E-state index is -1.26. The van der Waals surface area contributed by atoms with Gasteiger partial charge in [-0.05, 0) is 59.7 Å². The molecule has 0 radical (unpaired) electrons. The normalized spacial score (nSPS) is 17.1. The van der Waals surface area contributed by atoms with Crippen LogP contribution in [0.4, 0.5) is 16.1 Å². The molecule has 2 heterocycles. The van der Waals surface area contributed by atoms with E-state index in [0.717, 1.165) is 16.8 Å². The molecule has 0 bridgehead atoms. The lowest BCUT2D eigenvalue weighted by Crippen LogP contribution is -2.40. The molecule has 1 aliphatic rings. The predicted octanol–water partition coefficient (Wildman–Crippen LogP) is 6.05. The molecule has 0 spiro atoms. The molecular formula is C34H30FN3O5. The summed E-state index contributed by atoms with van der Waals surface area (Å²) in [7, 11) is 0. The zero-order valence-electron chi connectivity index (χ0n) is 23.2. The predicted molar refractivity (Wildman–Crippen MR) is 160 cm³/mol. The van der Waals surface area contributed by atoms with Crippen LogP contribution in [0.2, 0.25) is 0 Å². The van der Waals surface area contributed by atoms with Crippen LogP contribution in [0.15, 0.2) is 108 Å². The van der Waals surface area contributed by atoms with Gasteiger partial charge in [0.25, 0.3) is 6.01 Å². The van der Waals surface area contributed by atoms with Crippen LogP contribution >= 0.6 is 0 Å². The summed E-state index contributed by atoms with van der Waals surface area (Å²) in [6.07, 6.45) is -2.06. The summed E-state index contributed by atoms with van der Waals surface area (Å²) in [6, 6.07) is 30.0. The number of benzene rings is 4. The molecule has 0 saturated carbocycles. The lowest BCUT2D eigenvalue weighted by atomic mass is 10.00. The van der Waals surface area contributed by atoms with Gasteiger partial charge >= 0.3 is 0 Å². The maximum atomic E-state index is 14.4. The maximum absolute atomic E-state index is 14.4. The lowest BCUT2D eigenvalue weighted by Gasteiger charge is -2.24. The minimum absolute atomic E-state index is 0.0229. The van der Waals surface area contributed by atoms with Crippen molar-refractivity contribution in [3.05, 3.63) is 120 Å². The highest BCUT2D eigenvalue weighted by Crippen LogP contribution is 2.26. The average Bonchev–Trinajstić information content (AvgIpc) is 3.63. The molecular weight excluding hydrogens is 549 g/mol. The Hall–Kier alpha value is -5.02. The molecule has 3 atom stereocenters. The molecule has 1 fully saturated rings. The van der Waals surface area contributed by atoms with Gasteiger partial charge in [-0.15, -0.1) is 0 Å². The fourth-order valence-corrected chi connectivity index (χ4v) is 5.21.